The summed E-state index contributed by atoms with van der Waals surface area (Å²) in [6, 6.07) is 9.29. The molecule has 0 aliphatic rings. The first kappa shape index (κ1) is 19.3. The van der Waals surface area contributed by atoms with E-state index in [2.05, 4.69) is 10.6 Å². The molecule has 3 amide bonds. The van der Waals surface area contributed by atoms with Gasteiger partial charge in [0.15, 0.2) is 11.6 Å². The van der Waals surface area contributed by atoms with Crippen molar-refractivity contribution >= 4 is 17.6 Å². The number of amides is 3. The van der Waals surface area contributed by atoms with E-state index >= 15 is 0 Å². The average Bonchev–Trinajstić information content (AvgIpc) is 2.56. The smallest absolute Gasteiger partial charge is 0.326 e. The molecule has 0 aliphatic carbocycles. The first-order valence-corrected chi connectivity index (χ1v) is 7.75. The maximum atomic E-state index is 13.7. The molecule has 0 unspecified atom stereocenters. The van der Waals surface area contributed by atoms with Crippen molar-refractivity contribution in [2.24, 2.45) is 0 Å². The van der Waals surface area contributed by atoms with Crippen molar-refractivity contribution in [3.63, 3.8) is 0 Å². The summed E-state index contributed by atoms with van der Waals surface area (Å²) in [7, 11) is 3.03. The standard InChI is InChI=1S/C18H19F2N3O3/c1-23(10-12-7-8-16(26-2)14(20)9-12)11-17(24)22-18(25)21-15-6-4-3-5-13(15)19/h3-9H,10-11H2,1-2H3,(H2,21,22,24,25). The fourth-order valence-corrected chi connectivity index (χ4v) is 2.30. The topological polar surface area (TPSA) is 70.7 Å². The number of nitrogens with one attached hydrogen (secondary N) is 2. The largest absolute Gasteiger partial charge is 0.494 e. The Labute approximate surface area is 149 Å². The van der Waals surface area contributed by atoms with Crippen molar-refractivity contribution in [2.45, 2.75) is 6.54 Å². The third kappa shape index (κ3) is 5.52. The molecule has 8 heteroatoms. The number of halogens is 2. The summed E-state index contributed by atoms with van der Waals surface area (Å²) in [6.45, 7) is 0.196. The van der Waals surface area contributed by atoms with E-state index in [1.54, 1.807) is 24.1 Å². The Kier molecular flexibility index (Phi) is 6.62. The fourth-order valence-electron chi connectivity index (χ4n) is 2.30. The average molecular weight is 363 g/mol. The van der Waals surface area contributed by atoms with Gasteiger partial charge in [0.1, 0.15) is 5.82 Å². The van der Waals surface area contributed by atoms with E-state index < -0.39 is 23.6 Å². The molecular formula is C18H19F2N3O3. The Morgan fingerprint density at radius 1 is 1.12 bits per heavy atom. The number of carbonyl (C=O) groups excluding carboxylic acids is 2. The van der Waals surface area contributed by atoms with Gasteiger partial charge in [-0.3, -0.25) is 15.0 Å². The SMILES string of the molecule is COc1ccc(CN(C)CC(=O)NC(=O)Nc2ccccc2F)cc1F. The number of anilines is 1. The number of likely N-dealkylation sites (N-methyl/N-ethyl adjacent to an activating group) is 1. The highest BCUT2D eigenvalue weighted by Crippen LogP contribution is 2.18. The number of imide groups is 1. The van der Waals surface area contributed by atoms with E-state index in [9.17, 15) is 18.4 Å². The maximum absolute atomic E-state index is 13.7. The van der Waals surface area contributed by atoms with Crippen LogP contribution in [0.5, 0.6) is 5.75 Å². The Morgan fingerprint density at radius 2 is 1.85 bits per heavy atom. The van der Waals surface area contributed by atoms with Crippen molar-refractivity contribution in [2.75, 3.05) is 26.0 Å². The number of hydrogen-bond acceptors (Lipinski definition) is 4. The summed E-state index contributed by atoms with van der Waals surface area (Å²) in [5, 5.41) is 4.37. The predicted octanol–water partition coefficient (Wildman–Crippen LogP) is 2.75. The molecule has 138 valence electrons. The second-order valence-electron chi connectivity index (χ2n) is 5.62. The van der Waals surface area contributed by atoms with Gasteiger partial charge in [0.2, 0.25) is 5.91 Å². The van der Waals surface area contributed by atoms with Crippen LogP contribution in [0.2, 0.25) is 0 Å². The van der Waals surface area contributed by atoms with E-state index in [4.69, 9.17) is 4.74 Å². The second-order valence-corrected chi connectivity index (χ2v) is 5.62. The highest BCUT2D eigenvalue weighted by atomic mass is 19.1. The Balaban J connectivity index is 1.84. The van der Waals surface area contributed by atoms with Crippen LogP contribution in [0.25, 0.3) is 0 Å². The minimum absolute atomic E-state index is 0.0279. The summed E-state index contributed by atoms with van der Waals surface area (Å²) in [5.41, 5.74) is 0.620. The molecule has 0 spiro atoms. The molecule has 6 nitrogen and oxygen atoms in total. The zero-order valence-corrected chi connectivity index (χ0v) is 14.4. The van der Waals surface area contributed by atoms with Crippen LogP contribution in [0.15, 0.2) is 42.5 Å². The van der Waals surface area contributed by atoms with Gasteiger partial charge in [0, 0.05) is 6.54 Å². The van der Waals surface area contributed by atoms with E-state index in [1.807, 2.05) is 0 Å². The molecule has 0 radical (unpaired) electrons. The van der Waals surface area contributed by atoms with Gasteiger partial charge in [-0.15, -0.1) is 0 Å². The third-order valence-corrected chi connectivity index (χ3v) is 3.46. The van der Waals surface area contributed by atoms with Gasteiger partial charge >= 0.3 is 6.03 Å². The number of benzene rings is 2. The quantitative estimate of drug-likeness (QED) is 0.828. The molecule has 2 aromatic carbocycles. The number of rotatable bonds is 6. The summed E-state index contributed by atoms with van der Waals surface area (Å²) in [4.78, 5) is 25.2. The normalized spacial score (nSPS) is 10.5. The van der Waals surface area contributed by atoms with E-state index in [0.29, 0.717) is 12.1 Å². The summed E-state index contributed by atoms with van der Waals surface area (Å²) in [6.07, 6.45) is 0. The van der Waals surface area contributed by atoms with Crippen LogP contribution in [-0.4, -0.2) is 37.5 Å². The van der Waals surface area contributed by atoms with Crippen molar-refractivity contribution in [3.05, 3.63) is 59.7 Å². The predicted molar refractivity (Wildman–Crippen MR) is 92.8 cm³/mol. The van der Waals surface area contributed by atoms with Crippen molar-refractivity contribution in [1.82, 2.24) is 10.2 Å². The van der Waals surface area contributed by atoms with Crippen LogP contribution in [0.1, 0.15) is 5.56 Å². The van der Waals surface area contributed by atoms with Gasteiger partial charge in [0.25, 0.3) is 0 Å². The molecule has 0 fully saturated rings. The number of carbonyl (C=O) groups is 2. The van der Waals surface area contributed by atoms with Crippen LogP contribution in [0.3, 0.4) is 0 Å². The first-order valence-electron chi connectivity index (χ1n) is 7.75. The van der Waals surface area contributed by atoms with Crippen LogP contribution in [-0.2, 0) is 11.3 Å². The van der Waals surface area contributed by atoms with E-state index in [0.717, 1.165) is 0 Å². The minimum Gasteiger partial charge on any atom is -0.494 e. The lowest BCUT2D eigenvalue weighted by atomic mass is 10.2. The van der Waals surface area contributed by atoms with Gasteiger partial charge in [-0.2, -0.15) is 0 Å². The van der Waals surface area contributed by atoms with Crippen molar-refractivity contribution < 1.29 is 23.1 Å². The lowest BCUT2D eigenvalue weighted by Crippen LogP contribution is -2.40. The number of hydrogen-bond donors (Lipinski definition) is 2. The highest BCUT2D eigenvalue weighted by molar-refractivity contribution is 6.01. The second kappa shape index (κ2) is 8.91. The minimum atomic E-state index is -0.830. The molecular weight excluding hydrogens is 344 g/mol. The molecule has 26 heavy (non-hydrogen) atoms. The van der Waals surface area contributed by atoms with Crippen LogP contribution in [0, 0.1) is 11.6 Å². The molecule has 0 aromatic heterocycles. The first-order chi connectivity index (χ1) is 12.4. The Bertz CT molecular complexity index is 799. The number of methoxy groups -OCH3 is 1. The molecule has 2 rings (SSSR count). The number of nitrogens with zero attached hydrogens (tertiary/aromatic N) is 1. The molecule has 2 N–H and O–H groups in total. The molecule has 0 saturated heterocycles. The lowest BCUT2D eigenvalue weighted by Gasteiger charge is -2.16. The Morgan fingerprint density at radius 3 is 2.50 bits per heavy atom. The van der Waals surface area contributed by atoms with Gasteiger partial charge < -0.3 is 10.1 Å². The Hall–Kier alpha value is -3.00. The van der Waals surface area contributed by atoms with E-state index in [-0.39, 0.29) is 18.0 Å². The lowest BCUT2D eigenvalue weighted by molar-refractivity contribution is -0.120. The van der Waals surface area contributed by atoms with Crippen LogP contribution in [0.4, 0.5) is 19.3 Å². The summed E-state index contributed by atoms with van der Waals surface area (Å²) < 4.78 is 32.0. The molecule has 0 bridgehead atoms. The molecule has 0 atom stereocenters. The van der Waals surface area contributed by atoms with Crippen LogP contribution >= 0.6 is 0 Å². The van der Waals surface area contributed by atoms with Crippen molar-refractivity contribution in [1.29, 1.82) is 0 Å². The summed E-state index contributed by atoms with van der Waals surface area (Å²) >= 11 is 0. The highest BCUT2D eigenvalue weighted by Gasteiger charge is 2.13. The number of ether oxygens (including phenoxy) is 1. The zero-order chi connectivity index (χ0) is 19.1. The zero-order valence-electron chi connectivity index (χ0n) is 14.4. The van der Waals surface area contributed by atoms with Crippen LogP contribution < -0.4 is 15.4 Å². The molecule has 0 heterocycles. The molecule has 0 saturated carbocycles. The maximum Gasteiger partial charge on any atom is 0.326 e. The van der Waals surface area contributed by atoms with Crippen molar-refractivity contribution in [3.8, 4) is 5.75 Å². The van der Waals surface area contributed by atoms with Gasteiger partial charge in [-0.05, 0) is 36.9 Å². The third-order valence-electron chi connectivity index (χ3n) is 3.46. The van der Waals surface area contributed by atoms with Gasteiger partial charge in [-0.25, -0.2) is 13.6 Å². The molecule has 2 aromatic rings. The van der Waals surface area contributed by atoms with Gasteiger partial charge in [-0.1, -0.05) is 18.2 Å². The van der Waals surface area contributed by atoms with Gasteiger partial charge in [0.05, 0.1) is 19.3 Å². The fraction of sp³-hybridized carbons (Fsp3) is 0.222. The number of urea groups is 1. The van der Waals surface area contributed by atoms with E-state index in [1.165, 1.54) is 37.4 Å². The molecule has 0 aliphatic heterocycles. The monoisotopic (exact) mass is 363 g/mol. The number of para-hydroxylation sites is 1. The summed E-state index contributed by atoms with van der Waals surface area (Å²) in [5.74, 6) is -1.53.